The summed E-state index contributed by atoms with van der Waals surface area (Å²) in [5.74, 6) is 0. The van der Waals surface area contributed by atoms with E-state index >= 15 is 0 Å². The molecule has 1 aromatic rings. The van der Waals surface area contributed by atoms with Gasteiger partial charge in [-0.3, -0.25) is 0 Å². The standard InChI is InChI=1S/C7H7N/c8-6-7-4-2-1-3-5-7/h1-4,6H,8H2. The summed E-state index contributed by atoms with van der Waals surface area (Å²) >= 11 is 0. The Morgan fingerprint density at radius 2 is 2.38 bits per heavy atom. The lowest BCUT2D eigenvalue weighted by atomic mass is 10.2. The highest BCUT2D eigenvalue weighted by Crippen LogP contribution is 1.94. The van der Waals surface area contributed by atoms with Crippen molar-refractivity contribution in [2.24, 2.45) is 5.73 Å². The minimum Gasteiger partial charge on any atom is -0.322 e. The molecule has 0 unspecified atom stereocenters. The minimum absolute atomic E-state index is 0.938. The molecule has 0 aliphatic heterocycles. The first-order chi connectivity index (χ1) is 3.93. The van der Waals surface area contributed by atoms with Crippen LogP contribution >= 0.6 is 0 Å². The summed E-state index contributed by atoms with van der Waals surface area (Å²) in [6.45, 7) is 1.53. The Morgan fingerprint density at radius 3 is 2.75 bits per heavy atom. The molecule has 0 saturated heterocycles. The average Bonchev–Trinajstić information content (AvgIpc) is 1.90. The van der Waals surface area contributed by atoms with Gasteiger partial charge in [0.05, 0.1) is 0 Å². The minimum atomic E-state index is 0.938. The zero-order valence-electron chi connectivity index (χ0n) is 4.46. The third-order valence-corrected chi connectivity index (χ3v) is 0.913. The van der Waals surface area contributed by atoms with E-state index in [1.54, 1.807) is 0 Å². The largest absolute Gasteiger partial charge is 0.322 e. The summed E-state index contributed by atoms with van der Waals surface area (Å²) in [4.78, 5) is 0. The van der Waals surface area contributed by atoms with Gasteiger partial charge in [-0.05, 0) is 11.6 Å². The number of hydrogen-bond donors (Lipinski definition) is 1. The van der Waals surface area contributed by atoms with E-state index in [0.29, 0.717) is 0 Å². The molecular weight excluding hydrogens is 98.1 g/mol. The second kappa shape index (κ2) is 2.48. The lowest BCUT2D eigenvalue weighted by Crippen LogP contribution is -1.90. The van der Waals surface area contributed by atoms with Gasteiger partial charge in [0.15, 0.2) is 0 Å². The van der Waals surface area contributed by atoms with Crippen LogP contribution in [0.25, 0.3) is 0 Å². The molecule has 1 aromatic carbocycles. The lowest BCUT2D eigenvalue weighted by Gasteiger charge is -1.88. The van der Waals surface area contributed by atoms with E-state index in [9.17, 15) is 0 Å². The average molecular weight is 105 g/mol. The van der Waals surface area contributed by atoms with Gasteiger partial charge in [0.2, 0.25) is 0 Å². The summed E-state index contributed by atoms with van der Waals surface area (Å²) in [7, 11) is 0. The maximum atomic E-state index is 5.19. The second-order valence-corrected chi connectivity index (χ2v) is 1.48. The topological polar surface area (TPSA) is 26.0 Å². The van der Waals surface area contributed by atoms with Gasteiger partial charge in [0.1, 0.15) is 0 Å². The molecule has 0 spiro atoms. The summed E-state index contributed by atoms with van der Waals surface area (Å²) < 4.78 is 0. The fourth-order valence-corrected chi connectivity index (χ4v) is 0.511. The van der Waals surface area contributed by atoms with Gasteiger partial charge in [-0.1, -0.05) is 24.3 Å². The maximum absolute atomic E-state index is 5.19. The van der Waals surface area contributed by atoms with E-state index in [2.05, 4.69) is 6.07 Å². The molecule has 0 aromatic heterocycles. The Bertz CT molecular complexity index is 146. The van der Waals surface area contributed by atoms with E-state index < -0.39 is 0 Å². The molecule has 1 nitrogen and oxygen atoms in total. The van der Waals surface area contributed by atoms with Gasteiger partial charge in [-0.15, -0.1) is 0 Å². The highest BCUT2D eigenvalue weighted by Gasteiger charge is 1.81. The summed E-state index contributed by atoms with van der Waals surface area (Å²) in [5, 5.41) is 0. The number of hydrogen-bond acceptors (Lipinski definition) is 1. The smallest absolute Gasteiger partial charge is 0.0497 e. The van der Waals surface area contributed by atoms with Crippen molar-refractivity contribution >= 4 is 0 Å². The van der Waals surface area contributed by atoms with Crippen LogP contribution in [0.3, 0.4) is 0 Å². The number of rotatable bonds is 1. The van der Waals surface area contributed by atoms with Gasteiger partial charge in [-0.25, -0.2) is 0 Å². The Morgan fingerprint density at radius 1 is 1.50 bits per heavy atom. The second-order valence-electron chi connectivity index (χ2n) is 1.48. The zero-order valence-corrected chi connectivity index (χ0v) is 4.46. The van der Waals surface area contributed by atoms with Crippen molar-refractivity contribution in [2.45, 2.75) is 0 Å². The summed E-state index contributed by atoms with van der Waals surface area (Å²) in [6, 6.07) is 10.5. The third-order valence-electron chi connectivity index (χ3n) is 0.913. The van der Waals surface area contributed by atoms with Crippen molar-refractivity contribution in [1.29, 1.82) is 0 Å². The fraction of sp³-hybridized carbons (Fsp3) is 0. The van der Waals surface area contributed by atoms with Gasteiger partial charge >= 0.3 is 0 Å². The monoisotopic (exact) mass is 105 g/mol. The number of benzene rings is 1. The SMILES string of the molecule is N[CH]c1[c]cccc1. The first-order valence-corrected chi connectivity index (χ1v) is 2.45. The van der Waals surface area contributed by atoms with E-state index in [1.165, 1.54) is 6.54 Å². The Labute approximate surface area is 49.1 Å². The highest BCUT2D eigenvalue weighted by molar-refractivity contribution is 5.18. The van der Waals surface area contributed by atoms with Crippen molar-refractivity contribution in [3.05, 3.63) is 42.4 Å². The molecule has 0 bridgehead atoms. The summed E-state index contributed by atoms with van der Waals surface area (Å²) in [6.07, 6.45) is 0. The van der Waals surface area contributed by atoms with Crippen LogP contribution < -0.4 is 5.73 Å². The Balaban J connectivity index is 2.83. The molecule has 0 atom stereocenters. The van der Waals surface area contributed by atoms with Gasteiger partial charge in [0.25, 0.3) is 0 Å². The van der Waals surface area contributed by atoms with Crippen molar-refractivity contribution < 1.29 is 0 Å². The summed E-state index contributed by atoms with van der Waals surface area (Å²) in [5.41, 5.74) is 6.13. The van der Waals surface area contributed by atoms with Crippen molar-refractivity contribution in [1.82, 2.24) is 0 Å². The maximum Gasteiger partial charge on any atom is 0.0497 e. The normalized spacial score (nSPS) is 9.12. The molecule has 8 heavy (non-hydrogen) atoms. The lowest BCUT2D eigenvalue weighted by molar-refractivity contribution is 1.35. The van der Waals surface area contributed by atoms with Crippen molar-refractivity contribution in [3.8, 4) is 0 Å². The molecule has 0 aliphatic rings. The van der Waals surface area contributed by atoms with Gasteiger partial charge in [0, 0.05) is 6.54 Å². The predicted molar refractivity (Wildman–Crippen MR) is 32.9 cm³/mol. The van der Waals surface area contributed by atoms with Crippen LogP contribution in [0.2, 0.25) is 0 Å². The van der Waals surface area contributed by atoms with Crippen molar-refractivity contribution in [3.63, 3.8) is 0 Å². The fourth-order valence-electron chi connectivity index (χ4n) is 0.511. The van der Waals surface area contributed by atoms with Crippen LogP contribution in [-0.4, -0.2) is 0 Å². The molecule has 0 saturated carbocycles. The van der Waals surface area contributed by atoms with E-state index in [0.717, 1.165) is 5.56 Å². The zero-order chi connectivity index (χ0) is 5.82. The third kappa shape index (κ3) is 1.07. The van der Waals surface area contributed by atoms with E-state index in [1.807, 2.05) is 24.3 Å². The van der Waals surface area contributed by atoms with Crippen molar-refractivity contribution in [2.75, 3.05) is 0 Å². The molecule has 0 amide bonds. The predicted octanol–water partition coefficient (Wildman–Crippen LogP) is 0.955. The Hall–Kier alpha value is -0.820. The molecule has 2 radical (unpaired) electrons. The molecular formula is C7H7N. The van der Waals surface area contributed by atoms with Crippen LogP contribution in [-0.2, 0) is 0 Å². The van der Waals surface area contributed by atoms with E-state index in [4.69, 9.17) is 5.73 Å². The first kappa shape index (κ1) is 5.32. The van der Waals surface area contributed by atoms with E-state index in [-0.39, 0.29) is 0 Å². The van der Waals surface area contributed by atoms with Crippen LogP contribution in [0.1, 0.15) is 5.56 Å². The number of nitrogens with two attached hydrogens (primary N) is 1. The van der Waals surface area contributed by atoms with Crippen LogP contribution in [0.4, 0.5) is 0 Å². The van der Waals surface area contributed by atoms with Crippen LogP contribution in [0.15, 0.2) is 24.3 Å². The Kier molecular flexibility index (Phi) is 1.65. The molecule has 0 heterocycles. The molecule has 40 valence electrons. The van der Waals surface area contributed by atoms with Gasteiger partial charge in [-0.2, -0.15) is 0 Å². The van der Waals surface area contributed by atoms with Crippen LogP contribution in [0.5, 0.6) is 0 Å². The quantitative estimate of drug-likeness (QED) is 0.565. The molecule has 1 rings (SSSR count). The molecule has 1 heteroatoms. The first-order valence-electron chi connectivity index (χ1n) is 2.45. The van der Waals surface area contributed by atoms with Gasteiger partial charge < -0.3 is 5.73 Å². The van der Waals surface area contributed by atoms with Crippen LogP contribution in [0, 0.1) is 12.6 Å². The highest BCUT2D eigenvalue weighted by atomic mass is 14.5. The molecule has 0 fully saturated rings. The molecule has 2 N–H and O–H groups in total. The molecule has 0 aliphatic carbocycles.